The zero-order valence-corrected chi connectivity index (χ0v) is 14.5. The van der Waals surface area contributed by atoms with Gasteiger partial charge in [-0.3, -0.25) is 9.59 Å². The molecule has 130 valence electrons. The van der Waals surface area contributed by atoms with E-state index in [1.54, 1.807) is 0 Å². The maximum atomic E-state index is 12.7. The highest BCUT2D eigenvalue weighted by atomic mass is 16.3. The fourth-order valence-corrected chi connectivity index (χ4v) is 3.45. The first-order valence-corrected chi connectivity index (χ1v) is 8.75. The summed E-state index contributed by atoms with van der Waals surface area (Å²) in [6.07, 6.45) is 1.73. The molecule has 4 atom stereocenters. The Labute approximate surface area is 142 Å². The minimum Gasteiger partial charge on any atom is -0.391 e. The number of rotatable bonds is 5. The van der Waals surface area contributed by atoms with Gasteiger partial charge in [-0.1, -0.05) is 30.7 Å². The number of hydrogen-bond acceptors (Lipinski definition) is 3. The van der Waals surface area contributed by atoms with E-state index in [0.717, 1.165) is 30.4 Å². The predicted molar refractivity (Wildman–Crippen MR) is 91.3 cm³/mol. The van der Waals surface area contributed by atoms with Gasteiger partial charge in [0, 0.05) is 5.92 Å². The van der Waals surface area contributed by atoms with Crippen LogP contribution in [0.4, 0.5) is 0 Å². The first kappa shape index (κ1) is 17.0. The number of aryl methyl sites for hydroxylation is 1. The van der Waals surface area contributed by atoms with E-state index in [1.807, 2.05) is 6.92 Å². The van der Waals surface area contributed by atoms with Crippen LogP contribution >= 0.6 is 0 Å². The minimum absolute atomic E-state index is 0.00725. The molecule has 1 fully saturated rings. The molecule has 24 heavy (non-hydrogen) atoms. The first-order valence-electron chi connectivity index (χ1n) is 8.75. The lowest BCUT2D eigenvalue weighted by Crippen LogP contribution is -2.53. The number of carbonyl (C=O) groups excluding carboxylic acids is 2. The van der Waals surface area contributed by atoms with E-state index in [4.69, 9.17) is 0 Å². The van der Waals surface area contributed by atoms with Crippen LogP contribution in [0.1, 0.15) is 49.4 Å². The van der Waals surface area contributed by atoms with Gasteiger partial charge in [0.05, 0.1) is 12.1 Å². The summed E-state index contributed by atoms with van der Waals surface area (Å²) in [5.41, 5.74) is 3.57. The second-order valence-corrected chi connectivity index (χ2v) is 7.37. The molecule has 0 aromatic heterocycles. The highest BCUT2D eigenvalue weighted by molar-refractivity contribution is 5.90. The lowest BCUT2D eigenvalue weighted by molar-refractivity contribution is -0.132. The average Bonchev–Trinajstić information content (AvgIpc) is 3.32. The van der Waals surface area contributed by atoms with Crippen molar-refractivity contribution >= 4 is 11.8 Å². The van der Waals surface area contributed by atoms with Gasteiger partial charge >= 0.3 is 0 Å². The Kier molecular flexibility index (Phi) is 4.63. The van der Waals surface area contributed by atoms with Crippen LogP contribution in [0.25, 0.3) is 0 Å². The van der Waals surface area contributed by atoms with E-state index in [0.29, 0.717) is 5.92 Å². The van der Waals surface area contributed by atoms with Gasteiger partial charge in [0.25, 0.3) is 0 Å². The summed E-state index contributed by atoms with van der Waals surface area (Å²) in [4.78, 5) is 24.6. The number of benzene rings is 1. The van der Waals surface area contributed by atoms with Crippen LogP contribution in [0.15, 0.2) is 18.2 Å². The Bertz CT molecular complexity index is 652. The molecule has 0 spiro atoms. The second-order valence-electron chi connectivity index (χ2n) is 7.37. The van der Waals surface area contributed by atoms with Crippen LogP contribution in [0.2, 0.25) is 0 Å². The van der Waals surface area contributed by atoms with Crippen molar-refractivity contribution < 1.29 is 14.7 Å². The zero-order valence-electron chi connectivity index (χ0n) is 14.5. The van der Waals surface area contributed by atoms with Crippen LogP contribution in [-0.2, 0) is 16.0 Å². The molecule has 0 unspecified atom stereocenters. The topological polar surface area (TPSA) is 78.4 Å². The third-order valence-electron chi connectivity index (χ3n) is 5.06. The van der Waals surface area contributed by atoms with Crippen molar-refractivity contribution in [2.75, 3.05) is 0 Å². The van der Waals surface area contributed by atoms with E-state index in [1.165, 1.54) is 12.5 Å². The number of aliphatic hydroxyl groups is 1. The molecular weight excluding hydrogens is 304 g/mol. The normalized spacial score (nSPS) is 24.8. The van der Waals surface area contributed by atoms with E-state index in [-0.39, 0.29) is 23.8 Å². The Balaban J connectivity index is 1.72. The van der Waals surface area contributed by atoms with Crippen LogP contribution in [0, 0.1) is 18.8 Å². The van der Waals surface area contributed by atoms with Crippen LogP contribution in [0.3, 0.4) is 0 Å². The molecule has 0 radical (unpaired) electrons. The lowest BCUT2D eigenvalue weighted by atomic mass is 10.0. The molecule has 0 bridgehead atoms. The van der Waals surface area contributed by atoms with E-state index < -0.39 is 12.1 Å². The number of carbonyl (C=O) groups is 2. The SMILES string of the molecule is Cc1ccc2c(c1)[C@H](NC(=O)[C@H](NC(=O)C1CC1)[C@@H](C)O)[C@@H](C)C2. The highest BCUT2D eigenvalue weighted by Crippen LogP contribution is 2.36. The molecule has 3 rings (SSSR count). The molecule has 5 nitrogen and oxygen atoms in total. The Hall–Kier alpha value is -1.88. The fraction of sp³-hybridized carbons (Fsp3) is 0.579. The summed E-state index contributed by atoms with van der Waals surface area (Å²) < 4.78 is 0. The van der Waals surface area contributed by atoms with Gasteiger partial charge in [0.1, 0.15) is 6.04 Å². The van der Waals surface area contributed by atoms with Crippen molar-refractivity contribution in [1.29, 1.82) is 0 Å². The standard InChI is InChI=1S/C19H26N2O3/c1-10-4-5-14-9-11(2)16(15(14)8-10)20-19(24)17(12(3)22)21-18(23)13-6-7-13/h4-5,8,11-13,16-17,22H,6-7,9H2,1-3H3,(H,20,24)(H,21,23)/t11-,12+,16+,17+/m0/s1. The number of hydrogen-bond donors (Lipinski definition) is 3. The predicted octanol–water partition coefficient (Wildman–Crippen LogP) is 1.62. The van der Waals surface area contributed by atoms with Crippen molar-refractivity contribution in [1.82, 2.24) is 10.6 Å². The Morgan fingerprint density at radius 1 is 1.29 bits per heavy atom. The summed E-state index contributed by atoms with van der Waals surface area (Å²) in [5, 5.41) is 15.7. The number of amides is 2. The number of nitrogens with one attached hydrogen (secondary N) is 2. The largest absolute Gasteiger partial charge is 0.391 e. The quantitative estimate of drug-likeness (QED) is 0.768. The van der Waals surface area contributed by atoms with Gasteiger partial charge in [-0.05, 0) is 50.2 Å². The summed E-state index contributed by atoms with van der Waals surface area (Å²) in [6.45, 7) is 5.69. The molecule has 0 heterocycles. The molecule has 1 saturated carbocycles. The average molecular weight is 330 g/mol. The van der Waals surface area contributed by atoms with Gasteiger partial charge in [-0.15, -0.1) is 0 Å². The van der Waals surface area contributed by atoms with E-state index >= 15 is 0 Å². The summed E-state index contributed by atoms with van der Waals surface area (Å²) in [5.74, 6) is -0.149. The molecule has 0 saturated heterocycles. The lowest BCUT2D eigenvalue weighted by Gasteiger charge is -2.25. The Morgan fingerprint density at radius 3 is 2.62 bits per heavy atom. The molecular formula is C19H26N2O3. The third-order valence-corrected chi connectivity index (χ3v) is 5.06. The molecule has 1 aromatic carbocycles. The highest BCUT2D eigenvalue weighted by Gasteiger charge is 2.37. The van der Waals surface area contributed by atoms with Crippen molar-refractivity contribution in [3.8, 4) is 0 Å². The van der Waals surface area contributed by atoms with E-state index in [2.05, 4.69) is 35.8 Å². The van der Waals surface area contributed by atoms with Gasteiger partial charge in [0.2, 0.25) is 11.8 Å². The number of aliphatic hydroxyl groups excluding tert-OH is 1. The van der Waals surface area contributed by atoms with Gasteiger partial charge in [0.15, 0.2) is 0 Å². The van der Waals surface area contributed by atoms with Crippen LogP contribution in [0.5, 0.6) is 0 Å². The first-order chi connectivity index (χ1) is 11.4. The van der Waals surface area contributed by atoms with Gasteiger partial charge < -0.3 is 15.7 Å². The third kappa shape index (κ3) is 3.46. The van der Waals surface area contributed by atoms with Crippen molar-refractivity contribution in [2.24, 2.45) is 11.8 Å². The molecule has 1 aromatic rings. The second kappa shape index (κ2) is 6.55. The smallest absolute Gasteiger partial charge is 0.245 e. The summed E-state index contributed by atoms with van der Waals surface area (Å²) in [7, 11) is 0. The monoisotopic (exact) mass is 330 g/mol. The van der Waals surface area contributed by atoms with E-state index in [9.17, 15) is 14.7 Å². The van der Waals surface area contributed by atoms with Crippen LogP contribution in [-0.4, -0.2) is 29.1 Å². The van der Waals surface area contributed by atoms with Crippen molar-refractivity contribution in [2.45, 2.75) is 58.2 Å². The fourth-order valence-electron chi connectivity index (χ4n) is 3.45. The number of fused-ring (bicyclic) bond motifs is 1. The molecule has 5 heteroatoms. The Morgan fingerprint density at radius 2 is 2.00 bits per heavy atom. The van der Waals surface area contributed by atoms with Crippen molar-refractivity contribution in [3.63, 3.8) is 0 Å². The zero-order chi connectivity index (χ0) is 17.4. The molecule has 2 aliphatic carbocycles. The molecule has 3 N–H and O–H groups in total. The summed E-state index contributed by atoms with van der Waals surface area (Å²) in [6, 6.07) is 5.34. The van der Waals surface area contributed by atoms with Gasteiger partial charge in [-0.2, -0.15) is 0 Å². The maximum Gasteiger partial charge on any atom is 0.245 e. The summed E-state index contributed by atoms with van der Waals surface area (Å²) >= 11 is 0. The maximum absolute atomic E-state index is 12.7. The molecule has 2 aliphatic rings. The van der Waals surface area contributed by atoms with Gasteiger partial charge in [-0.25, -0.2) is 0 Å². The minimum atomic E-state index is -0.929. The van der Waals surface area contributed by atoms with Crippen LogP contribution < -0.4 is 10.6 Å². The molecule has 2 amide bonds. The molecule has 0 aliphatic heterocycles. The van der Waals surface area contributed by atoms with Crippen molar-refractivity contribution in [3.05, 3.63) is 34.9 Å².